The second-order valence-corrected chi connectivity index (χ2v) is 11.9. The number of nitrogens with zero attached hydrogens (tertiary/aromatic N) is 1. The van der Waals surface area contributed by atoms with Gasteiger partial charge in [-0.3, -0.25) is 9.09 Å². The van der Waals surface area contributed by atoms with Gasteiger partial charge in [0.05, 0.1) is 24.5 Å². The average Bonchev–Trinajstić information content (AvgIpc) is 3.11. The van der Waals surface area contributed by atoms with E-state index in [0.29, 0.717) is 0 Å². The van der Waals surface area contributed by atoms with Crippen LogP contribution in [0.4, 0.5) is 4.79 Å². The Balaban J connectivity index is 1.56. The number of imide groups is 1. The summed E-state index contributed by atoms with van der Waals surface area (Å²) < 4.78 is 45.2. The molecule has 0 aromatic rings. The van der Waals surface area contributed by atoms with Gasteiger partial charge in [-0.05, 0) is 13.3 Å². The topological polar surface area (TPSA) is 242 Å². The van der Waals surface area contributed by atoms with Crippen LogP contribution in [0.1, 0.15) is 26.7 Å². The predicted molar refractivity (Wildman–Crippen MR) is 112 cm³/mol. The number of amides is 3. The quantitative estimate of drug-likeness (QED) is 0.0983. The van der Waals surface area contributed by atoms with E-state index in [1.807, 2.05) is 0 Å². The maximum Gasteiger partial charge on any atom is 0.507 e. The molecule has 3 aliphatic rings. The van der Waals surface area contributed by atoms with E-state index in [0.717, 1.165) is 4.58 Å². The number of rotatable bonds is 8. The van der Waals surface area contributed by atoms with Crippen LogP contribution in [0.3, 0.4) is 0 Å². The van der Waals surface area contributed by atoms with E-state index in [1.54, 1.807) is 0 Å². The van der Waals surface area contributed by atoms with Crippen LogP contribution < -0.4 is 5.32 Å². The van der Waals surface area contributed by atoms with Crippen LogP contribution in [0.15, 0.2) is 0 Å². The number of phosphoric ester groups is 1. The lowest BCUT2D eigenvalue weighted by Crippen LogP contribution is -2.57. The van der Waals surface area contributed by atoms with E-state index in [1.165, 1.54) is 20.1 Å². The van der Waals surface area contributed by atoms with Crippen molar-refractivity contribution in [3.8, 4) is 0 Å². The molecule has 2 fully saturated rings. The van der Waals surface area contributed by atoms with Crippen LogP contribution in [0.25, 0.3) is 0 Å². The first-order chi connectivity index (χ1) is 16.1. The van der Waals surface area contributed by atoms with Crippen LogP contribution >= 0.6 is 15.4 Å². The van der Waals surface area contributed by atoms with Crippen LogP contribution in [0.5, 0.6) is 0 Å². The third-order valence-corrected chi connectivity index (χ3v) is 8.78. The molecule has 0 spiro atoms. The zero-order chi connectivity index (χ0) is 26.3. The van der Waals surface area contributed by atoms with Gasteiger partial charge < -0.3 is 39.7 Å². The SMILES string of the molecule is C[C+]1C=[N+]([C@@H]2C[C@H](O)[C@H](CCP(=O)(O)OP(=O)(O)O[C@H]3O[C@@H](C)[C@@H](O)[C@@H](O)[C@H]3O)O2)C(=O)NC1=O. The van der Waals surface area contributed by atoms with Gasteiger partial charge in [0.2, 0.25) is 6.23 Å². The first-order valence-electron chi connectivity index (χ1n) is 10.5. The van der Waals surface area contributed by atoms with E-state index in [4.69, 9.17) is 9.47 Å². The minimum absolute atomic E-state index is 0.0719. The molecular weight excluding hydrogens is 518 g/mol. The lowest BCUT2D eigenvalue weighted by atomic mass is 10.0. The molecule has 10 atom stereocenters. The maximum atomic E-state index is 12.4. The monoisotopic (exact) mass is 546 g/mol. The van der Waals surface area contributed by atoms with Crippen LogP contribution in [-0.2, 0) is 32.2 Å². The Hall–Kier alpha value is -1.26. The van der Waals surface area contributed by atoms with Gasteiger partial charge in [-0.15, -0.1) is 9.89 Å². The molecule has 0 aliphatic carbocycles. The lowest BCUT2D eigenvalue weighted by Gasteiger charge is -2.39. The highest BCUT2D eigenvalue weighted by molar-refractivity contribution is 7.64. The fourth-order valence-electron chi connectivity index (χ4n) is 3.69. The minimum atomic E-state index is -5.32. The highest BCUT2D eigenvalue weighted by Crippen LogP contribution is 2.61. The highest BCUT2D eigenvalue weighted by Gasteiger charge is 2.50. The van der Waals surface area contributed by atoms with Crippen LogP contribution in [0, 0.1) is 5.92 Å². The summed E-state index contributed by atoms with van der Waals surface area (Å²) >= 11 is 0. The summed E-state index contributed by atoms with van der Waals surface area (Å²) in [4.78, 5) is 43.4. The molecule has 2 saturated heterocycles. The Morgan fingerprint density at radius 1 is 1.14 bits per heavy atom. The molecule has 0 radical (unpaired) electrons. The second kappa shape index (κ2) is 10.6. The van der Waals surface area contributed by atoms with E-state index in [9.17, 15) is 48.9 Å². The summed E-state index contributed by atoms with van der Waals surface area (Å²) in [6.45, 7) is 2.76. The molecule has 0 aromatic heterocycles. The molecule has 2 unspecified atom stereocenters. The molecule has 0 saturated carbocycles. The molecule has 3 amide bonds. The van der Waals surface area contributed by atoms with Gasteiger partial charge in [0, 0.05) is 6.42 Å². The van der Waals surface area contributed by atoms with E-state index < -0.39 is 82.7 Å². The summed E-state index contributed by atoms with van der Waals surface area (Å²) in [5.41, 5.74) is 0. The normalized spacial score (nSPS) is 39.5. The van der Waals surface area contributed by atoms with Gasteiger partial charge in [-0.2, -0.15) is 9.59 Å². The number of aliphatic hydroxyl groups is 4. The Kier molecular flexibility index (Phi) is 8.59. The van der Waals surface area contributed by atoms with Crippen LogP contribution in [0.2, 0.25) is 0 Å². The van der Waals surface area contributed by atoms with Crippen molar-refractivity contribution >= 4 is 33.6 Å². The maximum absolute atomic E-state index is 12.4. The Labute approximate surface area is 199 Å². The third-order valence-electron chi connectivity index (χ3n) is 5.63. The first-order valence-corrected chi connectivity index (χ1v) is 13.8. The van der Waals surface area contributed by atoms with Gasteiger partial charge in [-0.25, -0.2) is 8.88 Å². The number of carbonyl (C=O) groups is 2. The molecule has 3 rings (SSSR count). The number of hydrogen-bond acceptors (Lipinski definition) is 12. The molecule has 0 bridgehead atoms. The van der Waals surface area contributed by atoms with Crippen molar-refractivity contribution in [3.63, 3.8) is 0 Å². The van der Waals surface area contributed by atoms with E-state index in [2.05, 4.69) is 14.2 Å². The Bertz CT molecular complexity index is 961. The number of aliphatic hydroxyl groups excluding tert-OH is 4. The fraction of sp³-hybridized carbons (Fsp3) is 0.765. The molecule has 3 aliphatic heterocycles. The van der Waals surface area contributed by atoms with Gasteiger partial charge in [0.15, 0.2) is 6.29 Å². The molecular formula is C17H28N2O14P2+2. The van der Waals surface area contributed by atoms with Gasteiger partial charge in [0.25, 0.3) is 12.1 Å². The zero-order valence-electron chi connectivity index (χ0n) is 18.6. The molecule has 198 valence electrons. The minimum Gasteiger partial charge on any atom is -0.390 e. The smallest absolute Gasteiger partial charge is 0.390 e. The Morgan fingerprint density at radius 3 is 2.46 bits per heavy atom. The molecule has 0 aromatic carbocycles. The molecule has 16 nitrogen and oxygen atoms in total. The van der Waals surface area contributed by atoms with E-state index >= 15 is 0 Å². The highest BCUT2D eigenvalue weighted by atomic mass is 31.3. The summed E-state index contributed by atoms with van der Waals surface area (Å²) in [6.07, 6.45) is -11.4. The number of hydrogen-bond donors (Lipinski definition) is 7. The van der Waals surface area contributed by atoms with Gasteiger partial charge in [-0.1, -0.05) is 0 Å². The number of urea groups is 1. The summed E-state index contributed by atoms with van der Waals surface area (Å²) in [5.74, 6) is -0.358. The number of nitrogens with one attached hydrogen (secondary N) is 1. The van der Waals surface area contributed by atoms with Crippen molar-refractivity contribution in [2.45, 2.75) is 75.8 Å². The number of phosphoric acid groups is 1. The third kappa shape index (κ3) is 6.74. The molecule has 3 heterocycles. The first kappa shape index (κ1) is 28.3. The van der Waals surface area contributed by atoms with Gasteiger partial charge >= 0.3 is 27.4 Å². The second-order valence-electron chi connectivity index (χ2n) is 8.40. The van der Waals surface area contributed by atoms with E-state index in [-0.39, 0.29) is 18.8 Å². The predicted octanol–water partition coefficient (Wildman–Crippen LogP) is -2.07. The standard InChI is InChI=1S/C17H26N2O14P2/c1-7-6-19(17(25)18-15(7)24)11-5-9(20)10(31-11)3-4-34(26,27)33-35(28,29)32-16-14(23)13(22)12(21)8(2)30-16/h6,8-14,16,20-23H,3-5H2,1-2H3,(H-2,18,24,25,26,27,28,29)/p+2/t8-,9-,10-,11-,12+,13+,14+,16+/m0/s1. The van der Waals surface area contributed by atoms with Crippen molar-refractivity contribution in [1.82, 2.24) is 5.32 Å². The van der Waals surface area contributed by atoms with Crippen molar-refractivity contribution in [2.75, 3.05) is 6.16 Å². The number of carbonyl (C=O) groups excluding carboxylic acids is 2. The van der Waals surface area contributed by atoms with Crippen molar-refractivity contribution in [2.24, 2.45) is 0 Å². The fourth-order valence-corrected chi connectivity index (χ4v) is 6.48. The summed E-state index contributed by atoms with van der Waals surface area (Å²) in [5, 5.41) is 41.6. The van der Waals surface area contributed by atoms with Crippen molar-refractivity contribution < 1.29 is 71.8 Å². The average molecular weight is 546 g/mol. The zero-order valence-corrected chi connectivity index (χ0v) is 20.4. The van der Waals surface area contributed by atoms with Crippen molar-refractivity contribution in [3.05, 3.63) is 5.92 Å². The van der Waals surface area contributed by atoms with Crippen molar-refractivity contribution in [1.29, 1.82) is 0 Å². The lowest BCUT2D eigenvalue weighted by molar-refractivity contribution is -0.523. The molecule has 18 heteroatoms. The summed E-state index contributed by atoms with van der Waals surface area (Å²) in [6, 6.07) is -0.771. The van der Waals surface area contributed by atoms with Gasteiger partial charge in [0.1, 0.15) is 25.2 Å². The largest absolute Gasteiger partial charge is 0.507 e. The molecule has 7 N–H and O–H groups in total. The molecule has 35 heavy (non-hydrogen) atoms. The van der Waals surface area contributed by atoms with Crippen LogP contribution in [-0.4, -0.2) is 108 Å². The number of ether oxygens (including phenoxy) is 2. The Morgan fingerprint density at radius 2 is 1.80 bits per heavy atom. The summed E-state index contributed by atoms with van der Waals surface area (Å²) in [7, 11) is -10.2.